The number of para-hydroxylation sites is 1. The number of carbonyl (C=O) groups is 2. The van der Waals surface area contributed by atoms with Gasteiger partial charge in [0.2, 0.25) is 5.91 Å². The average molecular weight is 361 g/mol. The maximum Gasteiger partial charge on any atom is 0.328 e. The Morgan fingerprint density at radius 3 is 2.62 bits per heavy atom. The number of nitrogens with zero attached hydrogens (tertiary/aromatic N) is 1. The van der Waals surface area contributed by atoms with Gasteiger partial charge in [-0.1, -0.05) is 32.4 Å². The number of carboxylic acid groups (broad SMARTS) is 1. The van der Waals surface area contributed by atoms with Crippen molar-refractivity contribution in [3.8, 4) is 0 Å². The van der Waals surface area contributed by atoms with Gasteiger partial charge in [-0.2, -0.15) is 0 Å². The van der Waals surface area contributed by atoms with Crippen LogP contribution in [-0.4, -0.2) is 32.6 Å². The zero-order valence-corrected chi connectivity index (χ0v) is 14.8. The van der Waals surface area contributed by atoms with Crippen LogP contribution < -0.4 is 16.6 Å². The van der Waals surface area contributed by atoms with Crippen LogP contribution in [-0.2, 0) is 16.1 Å². The highest BCUT2D eigenvalue weighted by atomic mass is 16.4. The fourth-order valence-electron chi connectivity index (χ4n) is 2.73. The Morgan fingerprint density at radius 1 is 1.27 bits per heavy atom. The Bertz CT molecular complexity index is 915. The summed E-state index contributed by atoms with van der Waals surface area (Å²) in [4.78, 5) is 50.3. The molecule has 0 fully saturated rings. The van der Waals surface area contributed by atoms with Crippen molar-refractivity contribution in [3.05, 3.63) is 45.1 Å². The van der Waals surface area contributed by atoms with Crippen LogP contribution in [0, 0.1) is 5.92 Å². The van der Waals surface area contributed by atoms with E-state index in [0.717, 1.165) is 4.57 Å². The summed E-state index contributed by atoms with van der Waals surface area (Å²) in [7, 11) is 0. The zero-order valence-electron chi connectivity index (χ0n) is 14.8. The van der Waals surface area contributed by atoms with E-state index in [9.17, 15) is 24.3 Å². The van der Waals surface area contributed by atoms with Crippen molar-refractivity contribution in [2.75, 3.05) is 0 Å². The number of rotatable bonds is 8. The molecule has 1 aromatic carbocycles. The molecule has 0 radical (unpaired) electrons. The third kappa shape index (κ3) is 4.38. The fourth-order valence-corrected chi connectivity index (χ4v) is 2.73. The molecule has 2 rings (SSSR count). The number of fused-ring (bicyclic) bond motifs is 1. The standard InChI is InChI=1S/C18H23N3O5/c1-3-11(2)15(17(24)25)20-14(22)9-6-10-21-16(23)12-7-4-5-8-13(12)19-18(21)26/h4-5,7-8,11,15H,3,6,9-10H2,1-2H3,(H,19,26)(H,20,22)(H,24,25)/t11-,15+/m0/s1. The minimum Gasteiger partial charge on any atom is -0.480 e. The van der Waals surface area contributed by atoms with E-state index in [1.807, 2.05) is 6.92 Å². The quantitative estimate of drug-likeness (QED) is 0.650. The number of aromatic nitrogens is 2. The molecule has 0 bridgehead atoms. The van der Waals surface area contributed by atoms with Crippen LogP contribution in [0.15, 0.2) is 33.9 Å². The fraction of sp³-hybridized carbons (Fsp3) is 0.444. The molecule has 3 N–H and O–H groups in total. The van der Waals surface area contributed by atoms with E-state index >= 15 is 0 Å². The molecule has 0 saturated carbocycles. The molecular formula is C18H23N3O5. The van der Waals surface area contributed by atoms with E-state index < -0.39 is 29.2 Å². The van der Waals surface area contributed by atoms with E-state index in [0.29, 0.717) is 17.3 Å². The van der Waals surface area contributed by atoms with Crippen molar-refractivity contribution in [2.24, 2.45) is 5.92 Å². The van der Waals surface area contributed by atoms with Crippen LogP contribution in [0.25, 0.3) is 10.9 Å². The number of amides is 1. The Labute approximate surface area is 149 Å². The Balaban J connectivity index is 2.03. The predicted octanol–water partition coefficient (Wildman–Crippen LogP) is 1.09. The maximum absolute atomic E-state index is 12.4. The molecule has 2 aromatic rings. The number of H-pyrrole nitrogens is 1. The summed E-state index contributed by atoms with van der Waals surface area (Å²) in [5.41, 5.74) is -0.473. The van der Waals surface area contributed by atoms with Gasteiger partial charge in [0.1, 0.15) is 6.04 Å². The van der Waals surface area contributed by atoms with Crippen LogP contribution >= 0.6 is 0 Å². The monoisotopic (exact) mass is 361 g/mol. The van der Waals surface area contributed by atoms with Crippen molar-refractivity contribution < 1.29 is 14.7 Å². The molecule has 0 aliphatic heterocycles. The molecule has 1 heterocycles. The van der Waals surface area contributed by atoms with Crippen molar-refractivity contribution in [2.45, 2.75) is 45.7 Å². The van der Waals surface area contributed by atoms with E-state index in [1.165, 1.54) is 0 Å². The molecule has 26 heavy (non-hydrogen) atoms. The van der Waals surface area contributed by atoms with Gasteiger partial charge in [0, 0.05) is 13.0 Å². The lowest BCUT2D eigenvalue weighted by molar-refractivity contribution is -0.143. The van der Waals surface area contributed by atoms with Crippen LogP contribution in [0.5, 0.6) is 0 Å². The van der Waals surface area contributed by atoms with Gasteiger partial charge in [-0.3, -0.25) is 14.2 Å². The second-order valence-electron chi connectivity index (χ2n) is 6.31. The van der Waals surface area contributed by atoms with Crippen LogP contribution in [0.1, 0.15) is 33.1 Å². The number of carbonyl (C=O) groups excluding carboxylic acids is 1. The van der Waals surface area contributed by atoms with Gasteiger partial charge in [-0.05, 0) is 24.5 Å². The molecule has 0 aliphatic carbocycles. The molecule has 1 aromatic heterocycles. The van der Waals surface area contributed by atoms with Crippen molar-refractivity contribution >= 4 is 22.8 Å². The number of hydrogen-bond donors (Lipinski definition) is 3. The molecule has 2 atom stereocenters. The minimum absolute atomic E-state index is 0.0267. The van der Waals surface area contributed by atoms with Gasteiger partial charge in [-0.25, -0.2) is 9.59 Å². The third-order valence-electron chi connectivity index (χ3n) is 4.47. The molecule has 140 valence electrons. The number of carboxylic acids is 1. The van der Waals surface area contributed by atoms with Gasteiger partial charge in [0.05, 0.1) is 10.9 Å². The lowest BCUT2D eigenvalue weighted by Gasteiger charge is -2.20. The molecular weight excluding hydrogens is 338 g/mol. The largest absolute Gasteiger partial charge is 0.480 e. The van der Waals surface area contributed by atoms with E-state index in [2.05, 4.69) is 10.3 Å². The summed E-state index contributed by atoms with van der Waals surface area (Å²) < 4.78 is 1.05. The third-order valence-corrected chi connectivity index (χ3v) is 4.47. The first kappa shape index (κ1) is 19.4. The summed E-state index contributed by atoms with van der Waals surface area (Å²) >= 11 is 0. The van der Waals surface area contributed by atoms with Crippen molar-refractivity contribution in [1.29, 1.82) is 0 Å². The molecule has 0 saturated heterocycles. The van der Waals surface area contributed by atoms with Gasteiger partial charge in [0.25, 0.3) is 5.56 Å². The molecule has 1 amide bonds. The first-order valence-corrected chi connectivity index (χ1v) is 8.59. The summed E-state index contributed by atoms with van der Waals surface area (Å²) in [6.07, 6.45) is 0.901. The van der Waals surface area contributed by atoms with Gasteiger partial charge >= 0.3 is 11.7 Å². The molecule has 8 heteroatoms. The number of aromatic amines is 1. The van der Waals surface area contributed by atoms with E-state index in [4.69, 9.17) is 0 Å². The predicted molar refractivity (Wildman–Crippen MR) is 97.1 cm³/mol. The molecule has 8 nitrogen and oxygen atoms in total. The average Bonchev–Trinajstić information content (AvgIpc) is 2.61. The van der Waals surface area contributed by atoms with Gasteiger partial charge in [0.15, 0.2) is 0 Å². The van der Waals surface area contributed by atoms with Crippen LogP contribution in [0.2, 0.25) is 0 Å². The Morgan fingerprint density at radius 2 is 1.96 bits per heavy atom. The SMILES string of the molecule is CC[C@H](C)[C@@H](NC(=O)CCCn1c(=O)[nH]c2ccccc2c1=O)C(=O)O. The minimum atomic E-state index is -1.07. The number of hydrogen-bond acceptors (Lipinski definition) is 4. The summed E-state index contributed by atoms with van der Waals surface area (Å²) in [6.45, 7) is 3.69. The Hall–Kier alpha value is -2.90. The number of benzene rings is 1. The normalized spacial score (nSPS) is 13.3. The number of nitrogens with one attached hydrogen (secondary N) is 2. The van der Waals surface area contributed by atoms with E-state index in [1.54, 1.807) is 31.2 Å². The topological polar surface area (TPSA) is 121 Å². The highest BCUT2D eigenvalue weighted by Gasteiger charge is 2.24. The maximum atomic E-state index is 12.4. The van der Waals surface area contributed by atoms with E-state index in [-0.39, 0.29) is 25.3 Å². The Kier molecular flexibility index (Phi) is 6.32. The second kappa shape index (κ2) is 8.46. The molecule has 0 aliphatic rings. The first-order chi connectivity index (χ1) is 12.3. The van der Waals surface area contributed by atoms with Crippen molar-refractivity contribution in [3.63, 3.8) is 0 Å². The summed E-state index contributed by atoms with van der Waals surface area (Å²) in [5, 5.41) is 12.1. The number of aliphatic carboxylic acids is 1. The van der Waals surface area contributed by atoms with Crippen LogP contribution in [0.3, 0.4) is 0 Å². The highest BCUT2D eigenvalue weighted by molar-refractivity contribution is 5.83. The second-order valence-corrected chi connectivity index (χ2v) is 6.31. The zero-order chi connectivity index (χ0) is 19.3. The van der Waals surface area contributed by atoms with Crippen molar-refractivity contribution in [1.82, 2.24) is 14.9 Å². The molecule has 0 unspecified atom stereocenters. The molecule has 0 spiro atoms. The smallest absolute Gasteiger partial charge is 0.328 e. The summed E-state index contributed by atoms with van der Waals surface area (Å²) in [5.74, 6) is -1.68. The lowest BCUT2D eigenvalue weighted by atomic mass is 9.99. The van der Waals surface area contributed by atoms with Gasteiger partial charge < -0.3 is 15.4 Å². The van der Waals surface area contributed by atoms with Crippen LogP contribution in [0.4, 0.5) is 0 Å². The highest BCUT2D eigenvalue weighted by Crippen LogP contribution is 2.08. The first-order valence-electron chi connectivity index (χ1n) is 8.59. The lowest BCUT2D eigenvalue weighted by Crippen LogP contribution is -2.45. The van der Waals surface area contributed by atoms with Gasteiger partial charge in [-0.15, -0.1) is 0 Å². The summed E-state index contributed by atoms with van der Waals surface area (Å²) in [6, 6.07) is 5.76.